The first-order valence-electron chi connectivity index (χ1n) is 15.3. The van der Waals surface area contributed by atoms with E-state index in [0.717, 1.165) is 89.0 Å². The molecule has 0 spiro atoms. The quantitative estimate of drug-likeness (QED) is 0.233. The number of aromatic nitrogens is 5. The number of hydrogen-bond acceptors (Lipinski definition) is 6. The second kappa shape index (κ2) is 11.7. The minimum absolute atomic E-state index is 0.291. The predicted molar refractivity (Wildman–Crippen MR) is 169 cm³/mol. The van der Waals surface area contributed by atoms with Gasteiger partial charge in [0.15, 0.2) is 5.65 Å². The summed E-state index contributed by atoms with van der Waals surface area (Å²) in [5, 5.41) is 17.2. The Morgan fingerprint density at radius 1 is 0.929 bits per heavy atom. The van der Waals surface area contributed by atoms with E-state index in [1.165, 1.54) is 12.8 Å². The average molecular weight is 584 g/mol. The molecule has 5 aromatic rings. The molecule has 9 heteroatoms. The van der Waals surface area contributed by atoms with Crippen molar-refractivity contribution in [3.8, 4) is 11.3 Å². The van der Waals surface area contributed by atoms with E-state index in [1.54, 1.807) is 6.33 Å². The van der Waals surface area contributed by atoms with Gasteiger partial charge in [0.2, 0.25) is 0 Å². The highest BCUT2D eigenvalue weighted by molar-refractivity contribution is 6.31. The van der Waals surface area contributed by atoms with Gasteiger partial charge in [-0.25, -0.2) is 14.6 Å². The summed E-state index contributed by atoms with van der Waals surface area (Å²) in [6.45, 7) is 3.33. The van der Waals surface area contributed by atoms with Crippen LogP contribution in [-0.2, 0) is 6.54 Å². The van der Waals surface area contributed by atoms with Gasteiger partial charge in [-0.05, 0) is 93.8 Å². The first-order chi connectivity index (χ1) is 20.6. The molecule has 0 unspecified atom stereocenters. The number of likely N-dealkylation sites (tertiary alicyclic amines) is 1. The van der Waals surface area contributed by atoms with Gasteiger partial charge < -0.3 is 20.3 Å². The Labute approximate surface area is 251 Å². The van der Waals surface area contributed by atoms with Crippen LogP contribution in [0.5, 0.6) is 0 Å². The number of nitrogen functional groups attached to an aromatic ring is 1. The molecule has 7 rings (SSSR count). The standard InChI is InChI=1S/C33H38ClN7O/c34-28-4-2-1-3-25(28)20-40-17-13-23-19-24(5-10-29(23)40)31-30-32(35)36-21-37-33(30)41(38-31)27-8-6-26(7-9-27)39-15-11-22(12-16-39)14-18-42/h1-5,10,13,17,19,21-22,26-27,42H,6-9,11-12,14-16,18,20H2,(H2,35,36,37). The fourth-order valence-electron chi connectivity index (χ4n) is 7.20. The molecule has 3 N–H and O–H groups in total. The second-order valence-electron chi connectivity index (χ2n) is 12.0. The summed E-state index contributed by atoms with van der Waals surface area (Å²) in [5.41, 5.74) is 11.4. The van der Waals surface area contributed by atoms with E-state index in [0.29, 0.717) is 37.0 Å². The van der Waals surface area contributed by atoms with Crippen molar-refractivity contribution in [2.75, 3.05) is 25.4 Å². The summed E-state index contributed by atoms with van der Waals surface area (Å²) >= 11 is 6.44. The van der Waals surface area contributed by atoms with Crippen molar-refractivity contribution < 1.29 is 5.11 Å². The van der Waals surface area contributed by atoms with Crippen molar-refractivity contribution in [3.63, 3.8) is 0 Å². The molecule has 0 radical (unpaired) electrons. The number of anilines is 1. The molecule has 8 nitrogen and oxygen atoms in total. The number of hydrogen-bond donors (Lipinski definition) is 2. The summed E-state index contributed by atoms with van der Waals surface area (Å²) < 4.78 is 4.35. The number of fused-ring (bicyclic) bond motifs is 2. The minimum atomic E-state index is 0.291. The van der Waals surface area contributed by atoms with Gasteiger partial charge in [0, 0.05) is 46.9 Å². The summed E-state index contributed by atoms with van der Waals surface area (Å²) in [5.74, 6) is 1.15. The normalized spacial score (nSPS) is 20.5. The molecule has 0 atom stereocenters. The van der Waals surface area contributed by atoms with Crippen LogP contribution in [0, 0.1) is 5.92 Å². The Hall–Kier alpha value is -3.46. The molecule has 2 fully saturated rings. The van der Waals surface area contributed by atoms with E-state index in [4.69, 9.17) is 22.4 Å². The Bertz CT molecular complexity index is 1700. The van der Waals surface area contributed by atoms with Crippen molar-refractivity contribution >= 4 is 39.4 Å². The number of piperidine rings is 1. The fraction of sp³-hybridized carbons (Fsp3) is 0.424. The third-order valence-electron chi connectivity index (χ3n) is 9.58. The zero-order valence-electron chi connectivity index (χ0n) is 23.9. The molecule has 2 aliphatic rings. The van der Waals surface area contributed by atoms with Crippen LogP contribution >= 0.6 is 11.6 Å². The largest absolute Gasteiger partial charge is 0.396 e. The van der Waals surface area contributed by atoms with E-state index in [-0.39, 0.29) is 0 Å². The molecular formula is C33H38ClN7O. The van der Waals surface area contributed by atoms with Gasteiger partial charge in [0.25, 0.3) is 0 Å². The molecule has 4 heterocycles. The Morgan fingerprint density at radius 3 is 2.50 bits per heavy atom. The highest BCUT2D eigenvalue weighted by atomic mass is 35.5. The molecule has 0 bridgehead atoms. The van der Waals surface area contributed by atoms with Gasteiger partial charge >= 0.3 is 0 Å². The van der Waals surface area contributed by atoms with Gasteiger partial charge in [-0.15, -0.1) is 0 Å². The van der Waals surface area contributed by atoms with Gasteiger partial charge in [-0.2, -0.15) is 5.10 Å². The van der Waals surface area contributed by atoms with Crippen LogP contribution in [0.1, 0.15) is 56.6 Å². The topological polar surface area (TPSA) is 98.0 Å². The number of halogens is 1. The maximum absolute atomic E-state index is 9.30. The first-order valence-corrected chi connectivity index (χ1v) is 15.6. The molecule has 1 aliphatic heterocycles. The van der Waals surface area contributed by atoms with Crippen LogP contribution in [0.3, 0.4) is 0 Å². The highest BCUT2D eigenvalue weighted by Crippen LogP contribution is 2.38. The average Bonchev–Trinajstić information content (AvgIpc) is 3.61. The molecular weight excluding hydrogens is 546 g/mol. The lowest BCUT2D eigenvalue weighted by Gasteiger charge is -2.40. The molecule has 1 aliphatic carbocycles. The highest BCUT2D eigenvalue weighted by Gasteiger charge is 2.31. The molecule has 2 aromatic carbocycles. The smallest absolute Gasteiger partial charge is 0.164 e. The fourth-order valence-corrected chi connectivity index (χ4v) is 7.40. The van der Waals surface area contributed by atoms with Crippen molar-refractivity contribution in [2.24, 2.45) is 5.92 Å². The number of benzene rings is 2. The Balaban J connectivity index is 1.13. The monoisotopic (exact) mass is 583 g/mol. The Morgan fingerprint density at radius 2 is 1.71 bits per heavy atom. The third kappa shape index (κ3) is 5.16. The number of nitrogens with zero attached hydrogens (tertiary/aromatic N) is 6. The zero-order chi connectivity index (χ0) is 28.6. The van der Waals surface area contributed by atoms with Crippen molar-refractivity contribution in [1.29, 1.82) is 0 Å². The lowest BCUT2D eigenvalue weighted by molar-refractivity contribution is 0.0871. The minimum Gasteiger partial charge on any atom is -0.396 e. The van der Waals surface area contributed by atoms with E-state index in [1.807, 2.05) is 18.2 Å². The maximum atomic E-state index is 9.30. The lowest BCUT2D eigenvalue weighted by atomic mass is 9.87. The maximum Gasteiger partial charge on any atom is 0.164 e. The van der Waals surface area contributed by atoms with E-state index < -0.39 is 0 Å². The van der Waals surface area contributed by atoms with Gasteiger partial charge in [-0.1, -0.05) is 35.9 Å². The second-order valence-corrected chi connectivity index (χ2v) is 12.4. The molecule has 218 valence electrons. The number of nitrogens with two attached hydrogens (primary N) is 1. The zero-order valence-corrected chi connectivity index (χ0v) is 24.6. The van der Waals surface area contributed by atoms with Gasteiger partial charge in [0.1, 0.15) is 17.8 Å². The molecule has 1 saturated heterocycles. The first kappa shape index (κ1) is 27.4. The summed E-state index contributed by atoms with van der Waals surface area (Å²) in [6.07, 6.45) is 11.5. The van der Waals surface area contributed by atoms with Crippen molar-refractivity contribution in [2.45, 2.75) is 63.6 Å². The van der Waals surface area contributed by atoms with Gasteiger partial charge in [-0.3, -0.25) is 0 Å². The SMILES string of the molecule is Nc1ncnc2c1c(-c1ccc3c(ccn3Cc3ccccc3Cl)c1)nn2C1CCC(N2CCC(CCO)CC2)CC1. The molecule has 3 aromatic heterocycles. The Kier molecular flexibility index (Phi) is 7.61. The van der Waals surface area contributed by atoms with Crippen LogP contribution < -0.4 is 5.73 Å². The molecule has 0 amide bonds. The van der Waals surface area contributed by atoms with E-state index >= 15 is 0 Å². The predicted octanol–water partition coefficient (Wildman–Crippen LogP) is 6.31. The summed E-state index contributed by atoms with van der Waals surface area (Å²) in [4.78, 5) is 11.7. The van der Waals surface area contributed by atoms with Crippen LogP contribution in [0.4, 0.5) is 5.82 Å². The van der Waals surface area contributed by atoms with E-state index in [2.05, 4.69) is 60.6 Å². The van der Waals surface area contributed by atoms with Gasteiger partial charge in [0.05, 0.1) is 11.4 Å². The number of aliphatic hydroxyl groups is 1. The lowest BCUT2D eigenvalue weighted by Crippen LogP contribution is -2.43. The van der Waals surface area contributed by atoms with Crippen molar-refractivity contribution in [1.82, 2.24) is 29.2 Å². The third-order valence-corrected chi connectivity index (χ3v) is 9.94. The number of aliphatic hydroxyl groups excluding tert-OH is 1. The molecule has 42 heavy (non-hydrogen) atoms. The van der Waals surface area contributed by atoms with Crippen LogP contribution in [0.15, 0.2) is 61.1 Å². The van der Waals surface area contributed by atoms with Crippen LogP contribution in [0.25, 0.3) is 33.2 Å². The van der Waals surface area contributed by atoms with E-state index in [9.17, 15) is 5.11 Å². The summed E-state index contributed by atoms with van der Waals surface area (Å²) in [6, 6.07) is 17.5. The number of rotatable bonds is 7. The summed E-state index contributed by atoms with van der Waals surface area (Å²) in [7, 11) is 0. The van der Waals surface area contributed by atoms with Crippen molar-refractivity contribution in [3.05, 3.63) is 71.6 Å². The van der Waals surface area contributed by atoms with Crippen LogP contribution in [-0.4, -0.2) is 60.1 Å². The molecule has 1 saturated carbocycles. The van der Waals surface area contributed by atoms with Crippen LogP contribution in [0.2, 0.25) is 5.02 Å².